The number of benzene rings is 1. The standard InChI is InChI=1S/C21H21N5O/c1-13-5-3-4-6-16(13)11-18(27)26-12-17-19(14(26)2)24-21(22)25-20(17)15-7-9-23-10-8-15/h3-10,14H,11-12H2,1-2H3,(H2,22,24,25)/t14-/m1/s1. The quantitative estimate of drug-likeness (QED) is 0.777. The fourth-order valence-electron chi connectivity index (χ4n) is 3.60. The van der Waals surface area contributed by atoms with Crippen LogP contribution in [-0.2, 0) is 17.8 Å². The van der Waals surface area contributed by atoms with Gasteiger partial charge in [-0.3, -0.25) is 9.78 Å². The summed E-state index contributed by atoms with van der Waals surface area (Å²) in [4.78, 5) is 27.8. The van der Waals surface area contributed by atoms with E-state index in [1.807, 2.05) is 55.1 Å². The molecule has 27 heavy (non-hydrogen) atoms. The van der Waals surface area contributed by atoms with E-state index < -0.39 is 0 Å². The lowest BCUT2D eigenvalue weighted by Gasteiger charge is -2.21. The number of fused-ring (bicyclic) bond motifs is 1. The lowest BCUT2D eigenvalue weighted by molar-refractivity contribution is -0.132. The molecule has 4 rings (SSSR count). The number of hydrogen-bond donors (Lipinski definition) is 1. The van der Waals surface area contributed by atoms with Gasteiger partial charge >= 0.3 is 0 Å². The first kappa shape index (κ1) is 17.1. The Labute approximate surface area is 158 Å². The number of nitrogen functional groups attached to an aromatic ring is 1. The molecule has 3 heterocycles. The number of hydrogen-bond acceptors (Lipinski definition) is 5. The average molecular weight is 359 g/mol. The van der Waals surface area contributed by atoms with Gasteiger partial charge in [-0.15, -0.1) is 0 Å². The lowest BCUT2D eigenvalue weighted by atomic mass is 10.1. The van der Waals surface area contributed by atoms with Crippen LogP contribution >= 0.6 is 0 Å². The zero-order chi connectivity index (χ0) is 19.0. The first-order chi connectivity index (χ1) is 13.0. The minimum absolute atomic E-state index is 0.0778. The average Bonchev–Trinajstić information content (AvgIpc) is 3.00. The first-order valence-corrected chi connectivity index (χ1v) is 8.95. The van der Waals surface area contributed by atoms with Crippen LogP contribution in [0.5, 0.6) is 0 Å². The van der Waals surface area contributed by atoms with Gasteiger partial charge in [0, 0.05) is 23.5 Å². The predicted molar refractivity (Wildman–Crippen MR) is 104 cm³/mol. The molecule has 0 radical (unpaired) electrons. The number of amides is 1. The van der Waals surface area contributed by atoms with Gasteiger partial charge in [-0.2, -0.15) is 0 Å². The van der Waals surface area contributed by atoms with Crippen LogP contribution in [0.1, 0.15) is 35.3 Å². The number of carbonyl (C=O) groups excluding carboxylic acids is 1. The van der Waals surface area contributed by atoms with Crippen molar-refractivity contribution >= 4 is 11.9 Å². The minimum Gasteiger partial charge on any atom is -0.368 e. The van der Waals surface area contributed by atoms with Crippen molar-refractivity contribution in [3.63, 3.8) is 0 Å². The maximum absolute atomic E-state index is 13.0. The van der Waals surface area contributed by atoms with Crippen molar-refractivity contribution < 1.29 is 4.79 Å². The third-order valence-electron chi connectivity index (χ3n) is 5.13. The highest BCUT2D eigenvalue weighted by Gasteiger charge is 2.34. The van der Waals surface area contributed by atoms with E-state index in [1.165, 1.54) is 0 Å². The number of nitrogens with two attached hydrogens (primary N) is 1. The van der Waals surface area contributed by atoms with Crippen molar-refractivity contribution in [3.05, 3.63) is 71.2 Å². The van der Waals surface area contributed by atoms with Crippen LogP contribution in [-0.4, -0.2) is 25.8 Å². The number of aryl methyl sites for hydroxylation is 1. The summed E-state index contributed by atoms with van der Waals surface area (Å²) < 4.78 is 0. The number of rotatable bonds is 3. The van der Waals surface area contributed by atoms with Crippen molar-refractivity contribution in [1.82, 2.24) is 19.9 Å². The summed E-state index contributed by atoms with van der Waals surface area (Å²) >= 11 is 0. The Hall–Kier alpha value is -3.28. The Bertz CT molecular complexity index is 1000. The van der Waals surface area contributed by atoms with Gasteiger partial charge in [0.15, 0.2) is 0 Å². The molecule has 1 amide bonds. The molecule has 6 heteroatoms. The smallest absolute Gasteiger partial charge is 0.227 e. The molecule has 0 saturated heterocycles. The highest BCUT2D eigenvalue weighted by Crippen LogP contribution is 2.37. The normalized spacial score (nSPS) is 15.6. The van der Waals surface area contributed by atoms with Crippen LogP contribution in [0.4, 0.5) is 5.95 Å². The fraction of sp³-hybridized carbons (Fsp3) is 0.238. The minimum atomic E-state index is -0.137. The van der Waals surface area contributed by atoms with E-state index in [1.54, 1.807) is 12.4 Å². The summed E-state index contributed by atoms with van der Waals surface area (Å²) in [5, 5.41) is 0. The maximum Gasteiger partial charge on any atom is 0.227 e. The van der Waals surface area contributed by atoms with E-state index in [9.17, 15) is 4.79 Å². The molecular weight excluding hydrogens is 338 g/mol. The third kappa shape index (κ3) is 3.14. The van der Waals surface area contributed by atoms with E-state index in [0.717, 1.165) is 33.6 Å². The number of aromatic nitrogens is 3. The summed E-state index contributed by atoms with van der Waals surface area (Å²) in [6.07, 6.45) is 3.82. The summed E-state index contributed by atoms with van der Waals surface area (Å²) in [7, 11) is 0. The van der Waals surface area contributed by atoms with Gasteiger partial charge in [0.25, 0.3) is 0 Å². The maximum atomic E-state index is 13.0. The Balaban J connectivity index is 1.67. The van der Waals surface area contributed by atoms with Crippen molar-refractivity contribution in [2.75, 3.05) is 5.73 Å². The van der Waals surface area contributed by atoms with Gasteiger partial charge in [0.05, 0.1) is 30.4 Å². The molecular formula is C21H21N5O. The van der Waals surface area contributed by atoms with Gasteiger partial charge in [-0.05, 0) is 37.1 Å². The number of carbonyl (C=O) groups is 1. The van der Waals surface area contributed by atoms with Crippen LogP contribution in [0.2, 0.25) is 0 Å². The molecule has 0 unspecified atom stereocenters. The van der Waals surface area contributed by atoms with E-state index in [4.69, 9.17) is 5.73 Å². The molecule has 1 aliphatic rings. The Kier molecular flexibility index (Phi) is 4.32. The second kappa shape index (κ2) is 6.79. The van der Waals surface area contributed by atoms with Crippen LogP contribution < -0.4 is 5.73 Å². The molecule has 1 atom stereocenters. The predicted octanol–water partition coefficient (Wildman–Crippen LogP) is 3.08. The molecule has 0 fully saturated rings. The zero-order valence-corrected chi connectivity index (χ0v) is 15.4. The zero-order valence-electron chi connectivity index (χ0n) is 15.4. The van der Waals surface area contributed by atoms with E-state index in [-0.39, 0.29) is 17.9 Å². The first-order valence-electron chi connectivity index (χ1n) is 8.95. The van der Waals surface area contributed by atoms with Gasteiger partial charge in [-0.1, -0.05) is 24.3 Å². The monoisotopic (exact) mass is 359 g/mol. The van der Waals surface area contributed by atoms with Crippen molar-refractivity contribution in [2.24, 2.45) is 0 Å². The van der Waals surface area contributed by atoms with Crippen molar-refractivity contribution in [2.45, 2.75) is 32.9 Å². The number of anilines is 1. The Morgan fingerprint density at radius 1 is 1.19 bits per heavy atom. The molecule has 2 aromatic heterocycles. The number of nitrogens with zero attached hydrogens (tertiary/aromatic N) is 4. The van der Waals surface area contributed by atoms with Crippen molar-refractivity contribution in [3.8, 4) is 11.3 Å². The molecule has 1 aromatic carbocycles. The highest BCUT2D eigenvalue weighted by atomic mass is 16.2. The summed E-state index contributed by atoms with van der Waals surface area (Å²) in [6, 6.07) is 11.6. The Morgan fingerprint density at radius 3 is 2.67 bits per heavy atom. The van der Waals surface area contributed by atoms with Crippen LogP contribution in [0.25, 0.3) is 11.3 Å². The largest absolute Gasteiger partial charge is 0.368 e. The third-order valence-corrected chi connectivity index (χ3v) is 5.13. The topological polar surface area (TPSA) is 85.0 Å². The van der Waals surface area contributed by atoms with Gasteiger partial charge in [-0.25, -0.2) is 9.97 Å². The van der Waals surface area contributed by atoms with Crippen LogP contribution in [0.15, 0.2) is 48.8 Å². The lowest BCUT2D eigenvalue weighted by Crippen LogP contribution is -2.30. The van der Waals surface area contributed by atoms with E-state index >= 15 is 0 Å². The molecule has 0 aliphatic carbocycles. The van der Waals surface area contributed by atoms with Crippen molar-refractivity contribution in [1.29, 1.82) is 0 Å². The Morgan fingerprint density at radius 2 is 1.93 bits per heavy atom. The molecule has 0 saturated carbocycles. The SMILES string of the molecule is Cc1ccccc1CC(=O)N1Cc2c(-c3ccncc3)nc(N)nc2[C@H]1C. The summed E-state index contributed by atoms with van der Waals surface area (Å²) in [6.45, 7) is 4.50. The van der Waals surface area contributed by atoms with Gasteiger partial charge in [0.1, 0.15) is 0 Å². The molecule has 0 spiro atoms. The van der Waals surface area contributed by atoms with E-state index in [2.05, 4.69) is 15.0 Å². The summed E-state index contributed by atoms with van der Waals surface area (Å²) in [5.41, 5.74) is 11.6. The van der Waals surface area contributed by atoms with Crippen LogP contribution in [0.3, 0.4) is 0 Å². The summed E-state index contributed by atoms with van der Waals surface area (Å²) in [5.74, 6) is 0.301. The molecule has 136 valence electrons. The highest BCUT2D eigenvalue weighted by molar-refractivity contribution is 5.81. The second-order valence-corrected chi connectivity index (χ2v) is 6.83. The van der Waals surface area contributed by atoms with Gasteiger partial charge in [0.2, 0.25) is 11.9 Å². The molecule has 2 N–H and O–H groups in total. The van der Waals surface area contributed by atoms with Crippen LogP contribution in [0, 0.1) is 6.92 Å². The molecule has 3 aromatic rings. The van der Waals surface area contributed by atoms with Gasteiger partial charge < -0.3 is 10.6 Å². The fourth-order valence-corrected chi connectivity index (χ4v) is 3.60. The van der Waals surface area contributed by atoms with E-state index in [0.29, 0.717) is 13.0 Å². The second-order valence-electron chi connectivity index (χ2n) is 6.83. The number of pyridine rings is 1. The molecule has 0 bridgehead atoms. The molecule has 1 aliphatic heterocycles. The molecule has 6 nitrogen and oxygen atoms in total.